The van der Waals surface area contributed by atoms with Gasteiger partial charge in [0.2, 0.25) is 0 Å². The monoisotopic (exact) mass is 160 g/mol. The van der Waals surface area contributed by atoms with Crippen molar-refractivity contribution in [2.24, 2.45) is 0 Å². The maximum absolute atomic E-state index is 10.6. The molecule has 0 spiro atoms. The Hall–Kier alpha value is 0.150. The van der Waals surface area contributed by atoms with Crippen molar-refractivity contribution in [2.45, 2.75) is 6.92 Å². The van der Waals surface area contributed by atoms with E-state index in [9.17, 15) is 4.79 Å². The molecule has 0 unspecified atom stereocenters. The topological polar surface area (TPSA) is 17.1 Å². The first-order chi connectivity index (χ1) is 4.30. The van der Waals surface area contributed by atoms with E-state index in [1.807, 2.05) is 30.3 Å². The van der Waals surface area contributed by atoms with E-state index in [1.54, 1.807) is 6.92 Å². The Balaban J connectivity index is 0.000000810. The average Bonchev–Trinajstić information content (AvgIpc) is 1.90. The summed E-state index contributed by atoms with van der Waals surface area (Å²) in [7, 11) is 0. The molecule has 1 nitrogen and oxygen atoms in total. The number of Topliss-reactive ketones (excluding diaryl/α,β-unsaturated/α-hetero) is 1. The van der Waals surface area contributed by atoms with Crippen LogP contribution in [0.15, 0.2) is 30.3 Å². The second-order valence-corrected chi connectivity index (χ2v) is 1.92. The van der Waals surface area contributed by atoms with Gasteiger partial charge in [0.25, 0.3) is 0 Å². The zero-order valence-corrected chi connectivity index (χ0v) is 8.21. The van der Waals surface area contributed by atoms with Crippen molar-refractivity contribution in [3.63, 3.8) is 0 Å². The van der Waals surface area contributed by atoms with Gasteiger partial charge in [-0.15, -0.1) is 0 Å². The maximum atomic E-state index is 10.6. The summed E-state index contributed by atoms with van der Waals surface area (Å²) in [6.45, 7) is 1.56. The first kappa shape index (κ1) is 10.1. The molecule has 0 aliphatic heterocycles. The quantitative estimate of drug-likeness (QED) is 0.449. The molecule has 0 bridgehead atoms. The van der Waals surface area contributed by atoms with Crippen LogP contribution in [0.1, 0.15) is 17.3 Å². The van der Waals surface area contributed by atoms with Crippen molar-refractivity contribution in [1.29, 1.82) is 0 Å². The molecule has 10 heavy (non-hydrogen) atoms. The number of benzene rings is 1. The second-order valence-electron chi connectivity index (χ2n) is 1.92. The summed E-state index contributed by atoms with van der Waals surface area (Å²) in [5, 5.41) is 0. The molecule has 0 heterocycles. The zero-order valence-electron chi connectivity index (χ0n) is 6.00. The molecule has 0 aliphatic carbocycles. The molecule has 0 aromatic heterocycles. The molecule has 0 aliphatic rings. The largest absolute Gasteiger partial charge is 0.295 e. The van der Waals surface area contributed by atoms with Crippen LogP contribution in [0.25, 0.3) is 0 Å². The molecule has 0 saturated heterocycles. The Bertz CT molecular complexity index is 206. The first-order valence-electron chi connectivity index (χ1n) is 2.86. The van der Waals surface area contributed by atoms with Crippen LogP contribution in [-0.2, 0) is 0 Å². The van der Waals surface area contributed by atoms with Gasteiger partial charge in [0.05, 0.1) is 0 Å². The SMILES string of the molecule is CC(=O)c1ccccc1.[Ca]. The van der Waals surface area contributed by atoms with E-state index in [4.69, 9.17) is 0 Å². The number of carbonyl (C=O) groups excluding carboxylic acids is 1. The van der Waals surface area contributed by atoms with Crippen LogP contribution in [0.5, 0.6) is 0 Å². The number of rotatable bonds is 1. The molecule has 1 aromatic carbocycles. The maximum Gasteiger partial charge on any atom is 0.159 e. The Morgan fingerprint density at radius 1 is 1.20 bits per heavy atom. The zero-order chi connectivity index (χ0) is 6.69. The molecule has 48 valence electrons. The third kappa shape index (κ3) is 2.82. The average molecular weight is 160 g/mol. The van der Waals surface area contributed by atoms with Gasteiger partial charge < -0.3 is 0 Å². The minimum absolute atomic E-state index is 0. The van der Waals surface area contributed by atoms with Gasteiger partial charge in [-0.05, 0) is 6.92 Å². The number of carbonyl (C=O) groups is 1. The normalized spacial score (nSPS) is 8.10. The standard InChI is InChI=1S/C8H8O.Ca/c1-7(9)8-5-3-2-4-6-8;/h2-6H,1H3;. The summed E-state index contributed by atoms with van der Waals surface area (Å²) >= 11 is 0. The van der Waals surface area contributed by atoms with E-state index in [0.717, 1.165) is 5.56 Å². The van der Waals surface area contributed by atoms with E-state index < -0.39 is 0 Å². The van der Waals surface area contributed by atoms with E-state index in [1.165, 1.54) is 0 Å². The minimum Gasteiger partial charge on any atom is -0.295 e. The van der Waals surface area contributed by atoms with Crippen LogP contribution in [0.4, 0.5) is 0 Å². The van der Waals surface area contributed by atoms with Gasteiger partial charge in [-0.25, -0.2) is 0 Å². The van der Waals surface area contributed by atoms with Gasteiger partial charge in [0, 0.05) is 43.3 Å². The summed E-state index contributed by atoms with van der Waals surface area (Å²) in [5.74, 6) is 0.121. The third-order valence-corrected chi connectivity index (χ3v) is 1.18. The van der Waals surface area contributed by atoms with Crippen molar-refractivity contribution >= 4 is 43.5 Å². The molecular weight excluding hydrogens is 152 g/mol. The van der Waals surface area contributed by atoms with Crippen LogP contribution >= 0.6 is 0 Å². The van der Waals surface area contributed by atoms with Gasteiger partial charge >= 0.3 is 0 Å². The van der Waals surface area contributed by atoms with Gasteiger partial charge in [-0.3, -0.25) is 4.79 Å². The molecule has 2 radical (unpaired) electrons. The van der Waals surface area contributed by atoms with Gasteiger partial charge in [0.15, 0.2) is 5.78 Å². The van der Waals surface area contributed by atoms with E-state index >= 15 is 0 Å². The van der Waals surface area contributed by atoms with Crippen molar-refractivity contribution < 1.29 is 4.79 Å². The Morgan fingerprint density at radius 3 is 2.00 bits per heavy atom. The summed E-state index contributed by atoms with van der Waals surface area (Å²) in [6.07, 6.45) is 0. The molecule has 0 saturated carbocycles. The van der Waals surface area contributed by atoms with Crippen molar-refractivity contribution in [3.8, 4) is 0 Å². The fourth-order valence-corrected chi connectivity index (χ4v) is 0.673. The van der Waals surface area contributed by atoms with E-state index in [-0.39, 0.29) is 43.5 Å². The molecule has 1 rings (SSSR count). The number of ketones is 1. The number of hydrogen-bond acceptors (Lipinski definition) is 1. The molecule has 1 aromatic rings. The number of hydrogen-bond donors (Lipinski definition) is 0. The fourth-order valence-electron chi connectivity index (χ4n) is 0.673. The third-order valence-electron chi connectivity index (χ3n) is 1.18. The summed E-state index contributed by atoms with van der Waals surface area (Å²) in [6, 6.07) is 9.23. The van der Waals surface area contributed by atoms with Gasteiger partial charge in [0.1, 0.15) is 0 Å². The Labute approximate surface area is 90.4 Å². The van der Waals surface area contributed by atoms with Crippen LogP contribution in [-0.4, -0.2) is 43.5 Å². The smallest absolute Gasteiger partial charge is 0.159 e. The molecular formula is C8H8CaO. The Kier molecular flexibility index (Phi) is 4.96. The van der Waals surface area contributed by atoms with Crippen molar-refractivity contribution in [2.75, 3.05) is 0 Å². The second kappa shape index (κ2) is 4.89. The minimum atomic E-state index is 0. The molecule has 2 heteroatoms. The van der Waals surface area contributed by atoms with Crippen LogP contribution < -0.4 is 0 Å². The predicted molar refractivity (Wildman–Crippen MR) is 42.2 cm³/mol. The first-order valence-corrected chi connectivity index (χ1v) is 2.86. The van der Waals surface area contributed by atoms with Crippen molar-refractivity contribution in [1.82, 2.24) is 0 Å². The predicted octanol–water partition coefficient (Wildman–Crippen LogP) is 1.51. The van der Waals surface area contributed by atoms with Crippen LogP contribution in [0.2, 0.25) is 0 Å². The van der Waals surface area contributed by atoms with E-state index in [2.05, 4.69) is 0 Å². The molecule has 0 atom stereocenters. The fraction of sp³-hybridized carbons (Fsp3) is 0.125. The molecule has 0 N–H and O–H groups in total. The molecule has 0 fully saturated rings. The molecule has 0 amide bonds. The van der Waals surface area contributed by atoms with E-state index in [0.29, 0.717) is 0 Å². The summed E-state index contributed by atoms with van der Waals surface area (Å²) in [4.78, 5) is 10.6. The van der Waals surface area contributed by atoms with Gasteiger partial charge in [-0.1, -0.05) is 30.3 Å². The summed E-state index contributed by atoms with van der Waals surface area (Å²) < 4.78 is 0. The van der Waals surface area contributed by atoms with Gasteiger partial charge in [-0.2, -0.15) is 0 Å². The summed E-state index contributed by atoms with van der Waals surface area (Å²) in [5.41, 5.74) is 0.775. The van der Waals surface area contributed by atoms with Crippen molar-refractivity contribution in [3.05, 3.63) is 35.9 Å². The Morgan fingerprint density at radius 2 is 1.70 bits per heavy atom. The van der Waals surface area contributed by atoms with Crippen LogP contribution in [0.3, 0.4) is 0 Å². The van der Waals surface area contributed by atoms with Crippen LogP contribution in [0, 0.1) is 0 Å².